The van der Waals surface area contributed by atoms with Gasteiger partial charge in [-0.05, 0) is 37.0 Å². The molecule has 1 aliphatic carbocycles. The number of H-pyrrole nitrogens is 1. The lowest BCUT2D eigenvalue weighted by Gasteiger charge is -2.12. The summed E-state index contributed by atoms with van der Waals surface area (Å²) in [5.74, 6) is 1.82. The van der Waals surface area contributed by atoms with Crippen LogP contribution >= 0.6 is 0 Å². The number of aromatic nitrogens is 4. The number of aromatic amines is 1. The third kappa shape index (κ3) is 2.55. The second-order valence-electron chi connectivity index (χ2n) is 6.73. The van der Waals surface area contributed by atoms with Gasteiger partial charge in [-0.25, -0.2) is 0 Å². The molecule has 0 bridgehead atoms. The molecule has 1 fully saturated rings. The quantitative estimate of drug-likeness (QED) is 0.742. The van der Waals surface area contributed by atoms with Crippen LogP contribution in [0, 0.1) is 5.92 Å². The first-order valence-corrected chi connectivity index (χ1v) is 8.14. The van der Waals surface area contributed by atoms with E-state index in [1.807, 2.05) is 26.0 Å². The summed E-state index contributed by atoms with van der Waals surface area (Å²) in [6.07, 6.45) is 2.18. The fourth-order valence-electron chi connectivity index (χ4n) is 2.81. The highest BCUT2D eigenvalue weighted by molar-refractivity contribution is 5.80. The van der Waals surface area contributed by atoms with Crippen LogP contribution in [-0.2, 0) is 6.54 Å². The lowest BCUT2D eigenvalue weighted by molar-refractivity contribution is 0.380. The fourth-order valence-corrected chi connectivity index (χ4v) is 2.81. The molecule has 0 radical (unpaired) electrons. The van der Waals surface area contributed by atoms with Gasteiger partial charge in [-0.1, -0.05) is 19.0 Å². The average molecular weight is 326 g/mol. The van der Waals surface area contributed by atoms with Gasteiger partial charge in [0.05, 0.1) is 11.0 Å². The molecule has 2 heterocycles. The number of nitrogens with one attached hydrogen (secondary N) is 1. The van der Waals surface area contributed by atoms with Crippen molar-refractivity contribution in [1.82, 2.24) is 19.7 Å². The molecule has 0 atom stereocenters. The van der Waals surface area contributed by atoms with Gasteiger partial charge in [0.1, 0.15) is 0 Å². The first-order chi connectivity index (χ1) is 11.5. The Morgan fingerprint density at radius 2 is 2.12 bits per heavy atom. The first-order valence-electron chi connectivity index (χ1n) is 8.14. The van der Waals surface area contributed by atoms with Gasteiger partial charge in [0.2, 0.25) is 11.7 Å². The van der Waals surface area contributed by atoms with Crippen molar-refractivity contribution < 1.29 is 4.52 Å². The van der Waals surface area contributed by atoms with Crippen LogP contribution < -0.4 is 11.1 Å². The highest BCUT2D eigenvalue weighted by Crippen LogP contribution is 2.39. The summed E-state index contributed by atoms with van der Waals surface area (Å²) in [5.41, 5.74) is 0.897. The fraction of sp³-hybridized carbons (Fsp3) is 0.412. The number of hydrogen-bond donors (Lipinski definition) is 1. The summed E-state index contributed by atoms with van der Waals surface area (Å²) in [5, 5.41) is 4.02. The van der Waals surface area contributed by atoms with Gasteiger partial charge >= 0.3 is 11.1 Å². The van der Waals surface area contributed by atoms with E-state index in [4.69, 9.17) is 4.52 Å². The first kappa shape index (κ1) is 14.9. The molecule has 7 nitrogen and oxygen atoms in total. The molecule has 0 saturated heterocycles. The summed E-state index contributed by atoms with van der Waals surface area (Å²) in [6.45, 7) is 4.51. The average Bonchev–Trinajstić information content (AvgIpc) is 3.28. The Balaban J connectivity index is 1.84. The lowest BCUT2D eigenvalue weighted by atomic mass is 10.1. The predicted molar refractivity (Wildman–Crippen MR) is 88.9 cm³/mol. The highest BCUT2D eigenvalue weighted by atomic mass is 16.5. The summed E-state index contributed by atoms with van der Waals surface area (Å²) in [6, 6.07) is 5.45. The van der Waals surface area contributed by atoms with Crippen molar-refractivity contribution in [1.29, 1.82) is 0 Å². The standard InChI is InChI=1S/C17H18N4O3/c1-9(2)8-21-13-6-5-11(7-12(13)18-15(22)17(21)23)14-19-16(24-20-14)10-3-4-10/h5-7,9-10H,3-4,8H2,1-2H3,(H,18,22). The zero-order chi connectivity index (χ0) is 16.8. The number of hydrogen-bond acceptors (Lipinski definition) is 5. The largest absolute Gasteiger partial charge is 0.339 e. The van der Waals surface area contributed by atoms with Gasteiger partial charge in [0.25, 0.3) is 0 Å². The Hall–Kier alpha value is -2.70. The Bertz CT molecular complexity index is 1020. The van der Waals surface area contributed by atoms with Gasteiger partial charge in [-0.2, -0.15) is 4.98 Å². The molecule has 1 aromatic carbocycles. The molecule has 0 unspecified atom stereocenters. The molecule has 1 N–H and O–H groups in total. The molecule has 1 aliphatic rings. The molecule has 1 saturated carbocycles. The Morgan fingerprint density at radius 3 is 2.83 bits per heavy atom. The Morgan fingerprint density at radius 1 is 1.33 bits per heavy atom. The second-order valence-corrected chi connectivity index (χ2v) is 6.73. The summed E-state index contributed by atoms with van der Waals surface area (Å²) in [4.78, 5) is 31.2. The predicted octanol–water partition coefficient (Wildman–Crippen LogP) is 2.27. The molecule has 124 valence electrons. The molecule has 7 heteroatoms. The lowest BCUT2D eigenvalue weighted by Crippen LogP contribution is -2.37. The van der Waals surface area contributed by atoms with E-state index in [-0.39, 0.29) is 5.92 Å². The van der Waals surface area contributed by atoms with Crippen LogP contribution in [0.2, 0.25) is 0 Å². The van der Waals surface area contributed by atoms with Crippen LogP contribution in [0.4, 0.5) is 0 Å². The third-order valence-electron chi connectivity index (χ3n) is 4.15. The number of rotatable bonds is 4. The van der Waals surface area contributed by atoms with Crippen molar-refractivity contribution in [3.8, 4) is 11.4 Å². The van der Waals surface area contributed by atoms with Crippen molar-refractivity contribution >= 4 is 11.0 Å². The van der Waals surface area contributed by atoms with Crippen LogP contribution in [0.25, 0.3) is 22.4 Å². The molecule has 0 amide bonds. The maximum absolute atomic E-state index is 12.1. The normalized spacial score (nSPS) is 14.6. The van der Waals surface area contributed by atoms with E-state index < -0.39 is 11.1 Å². The second kappa shape index (κ2) is 5.43. The van der Waals surface area contributed by atoms with Gasteiger partial charge in [0.15, 0.2) is 0 Å². The minimum Gasteiger partial charge on any atom is -0.339 e. The van der Waals surface area contributed by atoms with Crippen molar-refractivity contribution in [2.75, 3.05) is 0 Å². The van der Waals surface area contributed by atoms with Crippen LogP contribution in [0.1, 0.15) is 38.5 Å². The SMILES string of the molecule is CC(C)Cn1c(=O)c(=O)[nH]c2cc(-c3noc(C4CC4)n3)ccc21. The van der Waals surface area contributed by atoms with Crippen LogP contribution in [-0.4, -0.2) is 19.7 Å². The number of benzene rings is 1. The van der Waals surface area contributed by atoms with E-state index in [0.717, 1.165) is 18.4 Å². The monoisotopic (exact) mass is 326 g/mol. The maximum Gasteiger partial charge on any atom is 0.316 e. The topological polar surface area (TPSA) is 93.8 Å². The molecule has 24 heavy (non-hydrogen) atoms. The number of nitrogens with zero attached hydrogens (tertiary/aromatic N) is 3. The van der Waals surface area contributed by atoms with E-state index >= 15 is 0 Å². The minimum absolute atomic E-state index is 0.255. The molecular weight excluding hydrogens is 308 g/mol. The Labute approximate surface area is 137 Å². The number of fused-ring (bicyclic) bond motifs is 1. The summed E-state index contributed by atoms with van der Waals surface area (Å²) >= 11 is 0. The van der Waals surface area contributed by atoms with Crippen molar-refractivity contribution in [2.24, 2.45) is 5.92 Å². The molecule has 3 aromatic rings. The van der Waals surface area contributed by atoms with Crippen molar-refractivity contribution in [3.05, 3.63) is 44.8 Å². The third-order valence-corrected chi connectivity index (χ3v) is 4.15. The van der Waals surface area contributed by atoms with E-state index in [0.29, 0.717) is 35.2 Å². The van der Waals surface area contributed by atoms with Crippen LogP contribution in [0.15, 0.2) is 32.3 Å². The summed E-state index contributed by atoms with van der Waals surface area (Å²) < 4.78 is 6.81. The van der Waals surface area contributed by atoms with Crippen molar-refractivity contribution in [2.45, 2.75) is 39.2 Å². The van der Waals surface area contributed by atoms with E-state index in [1.54, 1.807) is 6.07 Å². The maximum atomic E-state index is 12.1. The zero-order valence-electron chi connectivity index (χ0n) is 13.6. The van der Waals surface area contributed by atoms with E-state index in [9.17, 15) is 9.59 Å². The summed E-state index contributed by atoms with van der Waals surface area (Å²) in [7, 11) is 0. The molecule has 2 aromatic heterocycles. The highest BCUT2D eigenvalue weighted by Gasteiger charge is 2.29. The smallest absolute Gasteiger partial charge is 0.316 e. The van der Waals surface area contributed by atoms with E-state index in [2.05, 4.69) is 15.1 Å². The zero-order valence-corrected chi connectivity index (χ0v) is 13.6. The van der Waals surface area contributed by atoms with Gasteiger partial charge in [0, 0.05) is 18.0 Å². The van der Waals surface area contributed by atoms with Gasteiger partial charge in [-0.15, -0.1) is 0 Å². The van der Waals surface area contributed by atoms with Gasteiger partial charge in [-0.3, -0.25) is 9.59 Å². The van der Waals surface area contributed by atoms with E-state index in [1.165, 1.54) is 4.57 Å². The molecule has 4 rings (SSSR count). The van der Waals surface area contributed by atoms with Gasteiger partial charge < -0.3 is 14.1 Å². The minimum atomic E-state index is -0.618. The van der Waals surface area contributed by atoms with Crippen molar-refractivity contribution in [3.63, 3.8) is 0 Å². The molecule has 0 spiro atoms. The Kier molecular flexibility index (Phi) is 3.37. The molecule has 0 aliphatic heterocycles. The molecular formula is C17H18N4O3. The van der Waals surface area contributed by atoms with Crippen LogP contribution in [0.3, 0.4) is 0 Å². The van der Waals surface area contributed by atoms with Crippen LogP contribution in [0.5, 0.6) is 0 Å².